The van der Waals surface area contributed by atoms with Crippen molar-refractivity contribution in [3.63, 3.8) is 0 Å². The predicted octanol–water partition coefficient (Wildman–Crippen LogP) is 8.12. The fourth-order valence-corrected chi connectivity index (χ4v) is 8.25. The molecule has 0 bridgehead atoms. The molecule has 14 nitrogen and oxygen atoms in total. The van der Waals surface area contributed by atoms with Crippen molar-refractivity contribution in [3.05, 3.63) is 71.0 Å². The van der Waals surface area contributed by atoms with Crippen molar-refractivity contribution in [2.45, 2.75) is 53.4 Å². The second-order valence-corrected chi connectivity index (χ2v) is 18.4. The topological polar surface area (TPSA) is 177 Å². The Kier molecular flexibility index (Phi) is 14.6. The lowest BCUT2D eigenvalue weighted by Crippen LogP contribution is -2.43. The van der Waals surface area contributed by atoms with Crippen molar-refractivity contribution >= 4 is 62.7 Å². The number of ketones is 1. The SMILES string of the molecule is CC(C)(C)C(=O)CN1CCCC(CNc2nc(-c3c[nH]c4ncc(Cl)cc34)ncc2F)C1.C[C@@H](CO)CN1CCCC(CNc2nc(-c3c[nH]c4ncc(Cl)cc34)ncc2F)C1. The molecule has 18 heteroatoms. The molecule has 2 unspecified atom stereocenters. The van der Waals surface area contributed by atoms with Gasteiger partial charge in [0.1, 0.15) is 11.3 Å². The smallest absolute Gasteiger partial charge is 0.183 e. The van der Waals surface area contributed by atoms with Gasteiger partial charge in [-0.3, -0.25) is 9.69 Å². The summed E-state index contributed by atoms with van der Waals surface area (Å²) in [5.74, 6) is 1.42. The zero-order chi connectivity index (χ0) is 44.0. The zero-order valence-corrected chi connectivity index (χ0v) is 37.0. The number of piperidine rings is 2. The number of carbonyl (C=O) groups excluding carboxylic acids is 1. The van der Waals surface area contributed by atoms with E-state index >= 15 is 0 Å². The number of aliphatic hydroxyl groups excluding tert-OH is 1. The Hall–Kier alpha value is -4.87. The minimum Gasteiger partial charge on any atom is -0.396 e. The Balaban J connectivity index is 0.000000187. The second-order valence-electron chi connectivity index (χ2n) is 17.5. The van der Waals surface area contributed by atoms with Crippen LogP contribution < -0.4 is 10.6 Å². The van der Waals surface area contributed by atoms with Gasteiger partial charge >= 0.3 is 0 Å². The number of Topliss-reactive ketones (excluding diaryl/α,β-unsaturated/α-hetero) is 1. The molecule has 5 N–H and O–H groups in total. The zero-order valence-electron chi connectivity index (χ0n) is 35.5. The van der Waals surface area contributed by atoms with Crippen molar-refractivity contribution in [2.24, 2.45) is 23.2 Å². The van der Waals surface area contributed by atoms with E-state index in [0.717, 1.165) is 74.7 Å². The molecule has 8 heterocycles. The van der Waals surface area contributed by atoms with Crippen LogP contribution in [0, 0.1) is 34.8 Å². The van der Waals surface area contributed by atoms with Crippen LogP contribution in [0.25, 0.3) is 44.8 Å². The minimum absolute atomic E-state index is 0.169. The summed E-state index contributed by atoms with van der Waals surface area (Å²) in [5.41, 5.74) is 2.44. The molecular weight excluding hydrogens is 837 g/mol. The molecule has 2 saturated heterocycles. The van der Waals surface area contributed by atoms with Crippen LogP contribution in [0.15, 0.2) is 49.3 Å². The number of rotatable bonds is 13. The summed E-state index contributed by atoms with van der Waals surface area (Å²) in [6.45, 7) is 14.4. The van der Waals surface area contributed by atoms with E-state index in [9.17, 15) is 18.7 Å². The molecule has 3 atom stereocenters. The van der Waals surface area contributed by atoms with Crippen molar-refractivity contribution < 1.29 is 18.7 Å². The highest BCUT2D eigenvalue weighted by Gasteiger charge is 2.27. The van der Waals surface area contributed by atoms with Crippen molar-refractivity contribution in [1.29, 1.82) is 0 Å². The Bertz CT molecular complexity index is 2480. The van der Waals surface area contributed by atoms with Gasteiger partial charge in [0.15, 0.2) is 40.7 Å². The van der Waals surface area contributed by atoms with Crippen molar-refractivity contribution in [1.82, 2.24) is 49.7 Å². The summed E-state index contributed by atoms with van der Waals surface area (Å²) in [7, 11) is 0. The van der Waals surface area contributed by atoms with Crippen LogP contribution >= 0.6 is 23.2 Å². The average molecular weight is 892 g/mol. The molecule has 8 rings (SSSR count). The summed E-state index contributed by atoms with van der Waals surface area (Å²) in [4.78, 5) is 48.8. The molecule has 0 saturated carbocycles. The van der Waals surface area contributed by atoms with E-state index in [4.69, 9.17) is 23.2 Å². The van der Waals surface area contributed by atoms with E-state index in [1.807, 2.05) is 27.7 Å². The lowest BCUT2D eigenvalue weighted by atomic mass is 9.89. The van der Waals surface area contributed by atoms with Gasteiger partial charge in [0.05, 0.1) is 29.0 Å². The molecule has 2 aliphatic heterocycles. The molecule has 6 aromatic rings. The molecule has 2 fully saturated rings. The molecule has 6 aromatic heterocycles. The van der Waals surface area contributed by atoms with E-state index in [1.54, 1.807) is 36.9 Å². The molecule has 62 heavy (non-hydrogen) atoms. The molecule has 0 aliphatic carbocycles. The molecule has 2 aliphatic rings. The first-order valence-corrected chi connectivity index (χ1v) is 21.9. The number of H-pyrrole nitrogens is 2. The third-order valence-electron chi connectivity index (χ3n) is 11.4. The number of pyridine rings is 2. The highest BCUT2D eigenvalue weighted by atomic mass is 35.5. The molecule has 330 valence electrons. The molecule has 0 aromatic carbocycles. The number of nitrogens with one attached hydrogen (secondary N) is 4. The van der Waals surface area contributed by atoms with Crippen LogP contribution in [-0.4, -0.2) is 120 Å². The van der Waals surface area contributed by atoms with E-state index in [2.05, 4.69) is 60.3 Å². The van der Waals surface area contributed by atoms with E-state index < -0.39 is 11.6 Å². The first-order valence-electron chi connectivity index (χ1n) is 21.1. The van der Waals surface area contributed by atoms with Crippen LogP contribution in [0.2, 0.25) is 10.0 Å². The number of aromatic nitrogens is 8. The first kappa shape index (κ1) is 45.2. The Morgan fingerprint density at radius 1 is 0.806 bits per heavy atom. The van der Waals surface area contributed by atoms with Gasteiger partial charge in [-0.15, -0.1) is 0 Å². The quantitative estimate of drug-likeness (QED) is 0.0754. The number of hydrogen-bond donors (Lipinski definition) is 5. The molecule has 0 amide bonds. The molecule has 0 spiro atoms. The molecular formula is C44H54Cl2F2N12O2. The number of halogens is 4. The summed E-state index contributed by atoms with van der Waals surface area (Å²) in [5, 5.41) is 18.2. The third-order valence-corrected chi connectivity index (χ3v) is 11.8. The Morgan fingerprint density at radius 2 is 1.29 bits per heavy atom. The van der Waals surface area contributed by atoms with Gasteiger partial charge in [0.25, 0.3) is 0 Å². The Labute approximate surface area is 369 Å². The van der Waals surface area contributed by atoms with E-state index in [-0.39, 0.29) is 35.4 Å². The monoisotopic (exact) mass is 890 g/mol. The average Bonchev–Trinajstić information content (AvgIpc) is 3.87. The Morgan fingerprint density at radius 3 is 1.77 bits per heavy atom. The van der Waals surface area contributed by atoms with E-state index in [0.29, 0.717) is 70.0 Å². The maximum absolute atomic E-state index is 14.4. The van der Waals surface area contributed by atoms with Gasteiger partial charge in [0.2, 0.25) is 0 Å². The highest BCUT2D eigenvalue weighted by molar-refractivity contribution is 6.31. The number of anilines is 2. The van der Waals surface area contributed by atoms with Crippen molar-refractivity contribution in [2.75, 3.05) is 69.6 Å². The number of carbonyl (C=O) groups is 1. The molecule has 0 radical (unpaired) electrons. The standard InChI is InChI=1S/C23H28ClFN6O.C21H26ClFN6O/c1-23(2,3)19(32)13-31-6-4-5-14(12-31)8-26-22-18(25)11-29-21(30-22)17-10-28-20-16(17)7-15(24)9-27-20;1-13(12-30)10-29-4-2-3-14(11-29)6-24-21-18(23)9-27-20(28-21)17-8-26-19-16(17)5-15(22)7-25-19/h7,9-11,14H,4-6,8,12-13H2,1-3H3,(H,27,28)(H,26,29,30);5,7-9,13-14,30H,2-4,6,10-12H2,1H3,(H,25,26)(H,24,27,28)/t;13-,14?/m.1/s1. The largest absolute Gasteiger partial charge is 0.396 e. The van der Waals surface area contributed by atoms with Gasteiger partial charge in [-0.1, -0.05) is 50.9 Å². The van der Waals surface area contributed by atoms with Gasteiger partial charge in [-0.05, 0) is 68.7 Å². The van der Waals surface area contributed by atoms with Gasteiger partial charge in [-0.2, -0.15) is 0 Å². The van der Waals surface area contributed by atoms with Gasteiger partial charge in [0, 0.05) is 91.4 Å². The number of likely N-dealkylation sites (tertiary alicyclic amines) is 2. The number of nitrogens with zero attached hydrogens (tertiary/aromatic N) is 8. The fourth-order valence-electron chi connectivity index (χ4n) is 7.93. The van der Waals surface area contributed by atoms with Gasteiger partial charge < -0.3 is 30.6 Å². The number of aliphatic hydroxyl groups is 1. The van der Waals surface area contributed by atoms with Crippen LogP contribution in [-0.2, 0) is 4.79 Å². The number of hydrogen-bond acceptors (Lipinski definition) is 12. The lowest BCUT2D eigenvalue weighted by Gasteiger charge is -2.34. The lowest BCUT2D eigenvalue weighted by molar-refractivity contribution is -0.127. The van der Waals surface area contributed by atoms with Crippen LogP contribution in [0.1, 0.15) is 53.4 Å². The van der Waals surface area contributed by atoms with Crippen LogP contribution in [0.4, 0.5) is 20.4 Å². The third kappa shape index (κ3) is 11.4. The summed E-state index contributed by atoms with van der Waals surface area (Å²) < 4.78 is 28.8. The second kappa shape index (κ2) is 20.1. The number of fused-ring (bicyclic) bond motifs is 2. The predicted molar refractivity (Wildman–Crippen MR) is 240 cm³/mol. The maximum Gasteiger partial charge on any atom is 0.183 e. The van der Waals surface area contributed by atoms with Gasteiger partial charge in [-0.25, -0.2) is 38.7 Å². The fraction of sp³-hybridized carbons (Fsp3) is 0.477. The van der Waals surface area contributed by atoms with Crippen LogP contribution in [0.3, 0.4) is 0 Å². The summed E-state index contributed by atoms with van der Waals surface area (Å²) in [6, 6.07) is 3.57. The normalized spacial score (nSPS) is 18.1. The highest BCUT2D eigenvalue weighted by Crippen LogP contribution is 2.30. The van der Waals surface area contributed by atoms with Crippen molar-refractivity contribution in [3.8, 4) is 22.8 Å². The summed E-state index contributed by atoms with van der Waals surface area (Å²) in [6.07, 6.45) is 13.2. The first-order chi connectivity index (χ1) is 29.7. The van der Waals surface area contributed by atoms with E-state index in [1.165, 1.54) is 12.4 Å². The van der Waals surface area contributed by atoms with Crippen LogP contribution in [0.5, 0.6) is 0 Å². The summed E-state index contributed by atoms with van der Waals surface area (Å²) >= 11 is 12.2. The maximum atomic E-state index is 14.4. The number of aromatic amines is 2. The minimum atomic E-state index is -0.500.